The van der Waals surface area contributed by atoms with Crippen molar-refractivity contribution >= 4 is 40.5 Å². The zero-order chi connectivity index (χ0) is 23.4. The standard InChI is InChI=1S/C24H25ClN4O3S/c1-27-11-5-9-20(27)21-15-19(22-10-6-14-33-22)26-29(21)23(30)16-28(12-13-32-2)24(31)17-7-3-4-8-18(17)25/h3-11,14,21H,12-13,15-16H2,1-2H3/t21-/m0/s1. The summed E-state index contributed by atoms with van der Waals surface area (Å²) < 4.78 is 7.17. The molecule has 33 heavy (non-hydrogen) atoms. The van der Waals surface area contributed by atoms with Crippen molar-refractivity contribution in [3.8, 4) is 0 Å². The fraction of sp³-hybridized carbons (Fsp3) is 0.292. The number of ether oxygens (including phenoxy) is 1. The summed E-state index contributed by atoms with van der Waals surface area (Å²) in [6, 6.07) is 14.5. The molecule has 0 aliphatic carbocycles. The Morgan fingerprint density at radius 3 is 2.70 bits per heavy atom. The molecule has 0 fully saturated rings. The molecule has 0 spiro atoms. The maximum Gasteiger partial charge on any atom is 0.262 e. The van der Waals surface area contributed by atoms with Gasteiger partial charge in [0.05, 0.1) is 27.8 Å². The molecule has 1 atom stereocenters. The zero-order valence-electron chi connectivity index (χ0n) is 18.5. The minimum absolute atomic E-state index is 0.129. The van der Waals surface area contributed by atoms with Crippen LogP contribution in [0.15, 0.2) is 65.2 Å². The Morgan fingerprint density at radius 2 is 2.03 bits per heavy atom. The predicted molar refractivity (Wildman–Crippen MR) is 130 cm³/mol. The Labute approximate surface area is 201 Å². The average Bonchev–Trinajstić information content (AvgIpc) is 3.56. The summed E-state index contributed by atoms with van der Waals surface area (Å²) in [4.78, 5) is 29.2. The van der Waals surface area contributed by atoms with Crippen LogP contribution in [0.4, 0.5) is 0 Å². The molecule has 9 heteroatoms. The van der Waals surface area contributed by atoms with Gasteiger partial charge in [-0.2, -0.15) is 5.10 Å². The van der Waals surface area contributed by atoms with Crippen molar-refractivity contribution in [2.45, 2.75) is 12.5 Å². The summed E-state index contributed by atoms with van der Waals surface area (Å²) in [6.45, 7) is 0.431. The fourth-order valence-electron chi connectivity index (χ4n) is 3.88. The average molecular weight is 485 g/mol. The van der Waals surface area contributed by atoms with Gasteiger partial charge < -0.3 is 14.2 Å². The summed E-state index contributed by atoms with van der Waals surface area (Å²) in [7, 11) is 3.51. The molecule has 0 unspecified atom stereocenters. The number of hydrazone groups is 1. The SMILES string of the molecule is COCCN(CC(=O)N1N=C(c2cccs2)C[C@H]1c1cccn1C)C(=O)c1ccccc1Cl. The number of nitrogens with zero attached hydrogens (tertiary/aromatic N) is 4. The molecule has 1 aliphatic rings. The highest BCUT2D eigenvalue weighted by atomic mass is 35.5. The Kier molecular flexibility index (Phi) is 7.27. The summed E-state index contributed by atoms with van der Waals surface area (Å²) >= 11 is 7.84. The second-order valence-electron chi connectivity index (χ2n) is 7.73. The summed E-state index contributed by atoms with van der Waals surface area (Å²) in [5.74, 6) is -0.577. The number of hydrogen-bond donors (Lipinski definition) is 0. The third kappa shape index (κ3) is 5.03. The number of aryl methyl sites for hydroxylation is 1. The topological polar surface area (TPSA) is 67.1 Å². The number of rotatable bonds is 8. The van der Waals surface area contributed by atoms with Gasteiger partial charge in [-0.3, -0.25) is 9.59 Å². The maximum atomic E-state index is 13.5. The Bertz CT molecular complexity index is 1160. The molecule has 3 heterocycles. The van der Waals surface area contributed by atoms with Crippen LogP contribution in [0.25, 0.3) is 0 Å². The molecule has 1 aliphatic heterocycles. The first kappa shape index (κ1) is 23.2. The molecule has 0 bridgehead atoms. The van der Waals surface area contributed by atoms with Gasteiger partial charge in [0.25, 0.3) is 11.8 Å². The third-order valence-corrected chi connectivity index (χ3v) is 6.83. The van der Waals surface area contributed by atoms with Crippen LogP contribution in [-0.2, 0) is 16.6 Å². The number of carbonyl (C=O) groups is 2. The first-order chi connectivity index (χ1) is 16.0. The summed E-state index contributed by atoms with van der Waals surface area (Å²) in [5, 5.41) is 8.55. The largest absolute Gasteiger partial charge is 0.383 e. The maximum absolute atomic E-state index is 13.5. The van der Waals surface area contributed by atoms with E-state index in [0.717, 1.165) is 16.3 Å². The lowest BCUT2D eigenvalue weighted by atomic mass is 10.1. The minimum Gasteiger partial charge on any atom is -0.383 e. The normalized spacial score (nSPS) is 15.5. The number of aromatic nitrogens is 1. The van der Waals surface area contributed by atoms with Crippen LogP contribution in [0.1, 0.15) is 33.4 Å². The second-order valence-corrected chi connectivity index (χ2v) is 9.08. The Balaban J connectivity index is 1.61. The van der Waals surface area contributed by atoms with Crippen molar-refractivity contribution < 1.29 is 14.3 Å². The first-order valence-electron chi connectivity index (χ1n) is 10.6. The van der Waals surface area contributed by atoms with Gasteiger partial charge in [-0.15, -0.1) is 11.3 Å². The number of thiophene rings is 1. The van der Waals surface area contributed by atoms with Gasteiger partial charge in [-0.1, -0.05) is 29.8 Å². The summed E-state index contributed by atoms with van der Waals surface area (Å²) in [6.07, 6.45) is 2.56. The van der Waals surface area contributed by atoms with E-state index in [4.69, 9.17) is 21.4 Å². The lowest BCUT2D eigenvalue weighted by molar-refractivity contribution is -0.134. The molecule has 1 aromatic carbocycles. The van der Waals surface area contributed by atoms with Crippen LogP contribution in [0.5, 0.6) is 0 Å². The summed E-state index contributed by atoms with van der Waals surface area (Å²) in [5.41, 5.74) is 2.20. The number of halogens is 1. The van der Waals surface area contributed by atoms with E-state index >= 15 is 0 Å². The molecule has 0 radical (unpaired) electrons. The highest BCUT2D eigenvalue weighted by Crippen LogP contribution is 2.34. The number of benzene rings is 1. The third-order valence-electron chi connectivity index (χ3n) is 5.58. The second kappa shape index (κ2) is 10.3. The number of hydrogen-bond acceptors (Lipinski definition) is 5. The van der Waals surface area contributed by atoms with E-state index in [2.05, 4.69) is 0 Å². The molecule has 4 rings (SSSR count). The van der Waals surface area contributed by atoms with E-state index in [9.17, 15) is 9.59 Å². The van der Waals surface area contributed by atoms with Crippen molar-refractivity contribution in [2.75, 3.05) is 26.8 Å². The van der Waals surface area contributed by atoms with Gasteiger partial charge in [0.15, 0.2) is 0 Å². The van der Waals surface area contributed by atoms with E-state index in [1.165, 1.54) is 9.91 Å². The van der Waals surface area contributed by atoms with Crippen molar-refractivity contribution in [3.05, 3.63) is 81.3 Å². The van der Waals surface area contributed by atoms with Crippen molar-refractivity contribution in [1.82, 2.24) is 14.5 Å². The monoisotopic (exact) mass is 484 g/mol. The van der Waals surface area contributed by atoms with Crippen molar-refractivity contribution in [2.24, 2.45) is 12.1 Å². The zero-order valence-corrected chi connectivity index (χ0v) is 20.1. The molecular weight excluding hydrogens is 460 g/mol. The van der Waals surface area contributed by atoms with E-state index in [-0.39, 0.29) is 30.9 Å². The van der Waals surface area contributed by atoms with Crippen molar-refractivity contribution in [3.63, 3.8) is 0 Å². The van der Waals surface area contributed by atoms with Gasteiger partial charge in [-0.25, -0.2) is 5.01 Å². The van der Waals surface area contributed by atoms with Gasteiger partial charge in [-0.05, 0) is 35.7 Å². The molecule has 2 amide bonds. The van der Waals surface area contributed by atoms with E-state index < -0.39 is 0 Å². The van der Waals surface area contributed by atoms with Crippen LogP contribution in [0.2, 0.25) is 5.02 Å². The van der Waals surface area contributed by atoms with Crippen LogP contribution in [0, 0.1) is 0 Å². The molecule has 0 N–H and O–H groups in total. The van der Waals surface area contributed by atoms with Crippen molar-refractivity contribution in [1.29, 1.82) is 0 Å². The van der Waals surface area contributed by atoms with Gasteiger partial charge in [0, 0.05) is 39.0 Å². The lowest BCUT2D eigenvalue weighted by Gasteiger charge is -2.27. The predicted octanol–water partition coefficient (Wildman–Crippen LogP) is 4.21. The van der Waals surface area contributed by atoms with Gasteiger partial charge >= 0.3 is 0 Å². The molecule has 2 aromatic heterocycles. The molecular formula is C24H25ClN4O3S. The van der Waals surface area contributed by atoms with E-state index in [1.54, 1.807) is 42.7 Å². The number of amides is 2. The van der Waals surface area contributed by atoms with Crippen LogP contribution >= 0.6 is 22.9 Å². The number of carbonyl (C=O) groups excluding carboxylic acids is 2. The highest BCUT2D eigenvalue weighted by Gasteiger charge is 2.36. The smallest absolute Gasteiger partial charge is 0.262 e. The molecule has 3 aromatic rings. The van der Waals surface area contributed by atoms with E-state index in [0.29, 0.717) is 23.6 Å². The first-order valence-corrected chi connectivity index (χ1v) is 11.8. The van der Waals surface area contributed by atoms with Gasteiger partial charge in [0.2, 0.25) is 0 Å². The lowest BCUT2D eigenvalue weighted by Crippen LogP contribution is -2.43. The molecule has 7 nitrogen and oxygen atoms in total. The molecule has 0 saturated heterocycles. The molecule has 0 saturated carbocycles. The number of methoxy groups -OCH3 is 1. The Morgan fingerprint density at radius 1 is 1.21 bits per heavy atom. The minimum atomic E-state index is -0.317. The van der Waals surface area contributed by atoms with E-state index in [1.807, 2.05) is 47.5 Å². The van der Waals surface area contributed by atoms with Gasteiger partial charge in [0.1, 0.15) is 12.6 Å². The fourth-order valence-corrected chi connectivity index (χ4v) is 4.81. The van der Waals surface area contributed by atoms with Crippen LogP contribution in [0.3, 0.4) is 0 Å². The quantitative estimate of drug-likeness (QED) is 0.481. The highest BCUT2D eigenvalue weighted by molar-refractivity contribution is 7.12. The Hall–Kier alpha value is -2.94. The molecule has 172 valence electrons. The van der Waals surface area contributed by atoms with Crippen LogP contribution in [-0.4, -0.2) is 58.8 Å². The van der Waals surface area contributed by atoms with Crippen LogP contribution < -0.4 is 0 Å².